The maximum Gasteiger partial charge on any atom is 0.325 e. The maximum atomic E-state index is 11.6. The number of esters is 1. The number of hydrogen-bond donors (Lipinski definition) is 0. The van der Waals surface area contributed by atoms with Crippen LogP contribution in [0.3, 0.4) is 0 Å². The van der Waals surface area contributed by atoms with Crippen LogP contribution in [0.2, 0.25) is 0 Å². The fraction of sp³-hybridized carbons (Fsp3) is 0.909. The molecule has 0 aromatic heterocycles. The van der Waals surface area contributed by atoms with E-state index >= 15 is 0 Å². The molecule has 1 fully saturated rings. The molecule has 0 atom stereocenters. The molecule has 0 unspecified atom stereocenters. The van der Waals surface area contributed by atoms with Crippen LogP contribution in [0, 0.1) is 5.92 Å². The zero-order valence-electron chi connectivity index (χ0n) is 10.3. The fourth-order valence-electron chi connectivity index (χ4n) is 1.82. The van der Waals surface area contributed by atoms with Gasteiger partial charge in [-0.15, -0.1) is 0 Å². The molecule has 0 aromatic carbocycles. The molecular weight excluding hydrogens is 244 g/mol. The van der Waals surface area contributed by atoms with Crippen molar-refractivity contribution in [1.29, 1.82) is 0 Å². The lowest BCUT2D eigenvalue weighted by Crippen LogP contribution is -2.42. The quantitative estimate of drug-likeness (QED) is 0.566. The Labute approximate surface area is 102 Å². The van der Waals surface area contributed by atoms with Crippen LogP contribution >= 0.6 is 0 Å². The minimum absolute atomic E-state index is 0.220. The highest BCUT2D eigenvalue weighted by atomic mass is 32.2. The second-order valence-corrected chi connectivity index (χ2v) is 7.00. The first-order valence-electron chi connectivity index (χ1n) is 5.88. The van der Waals surface area contributed by atoms with E-state index in [-0.39, 0.29) is 6.61 Å². The highest BCUT2D eigenvalue weighted by molar-refractivity contribution is 7.88. The van der Waals surface area contributed by atoms with Crippen molar-refractivity contribution in [2.45, 2.75) is 50.7 Å². The van der Waals surface area contributed by atoms with E-state index in [4.69, 9.17) is 4.74 Å². The summed E-state index contributed by atoms with van der Waals surface area (Å²) in [6.07, 6.45) is 5.43. The molecule has 0 aromatic rings. The average molecular weight is 263 g/mol. The summed E-state index contributed by atoms with van der Waals surface area (Å²) in [5.74, 6) is -0.643. The Hall–Kier alpha value is -0.620. The molecule has 0 bridgehead atoms. The van der Waals surface area contributed by atoms with E-state index in [1.807, 2.05) is 0 Å². The van der Waals surface area contributed by atoms with Crippen molar-refractivity contribution in [2.75, 3.05) is 6.61 Å². The summed E-state index contributed by atoms with van der Waals surface area (Å²) in [5.41, 5.74) is 0. The molecule has 1 saturated carbocycles. The zero-order valence-corrected chi connectivity index (χ0v) is 11.1. The van der Waals surface area contributed by atoms with Crippen molar-refractivity contribution in [3.63, 3.8) is 0 Å². The molecule has 0 N–H and O–H groups in total. The molecule has 0 amide bonds. The molecule has 100 valence electrons. The molecule has 0 saturated heterocycles. The van der Waals surface area contributed by atoms with Crippen LogP contribution < -0.4 is 0 Å². The molecule has 5 nitrogen and oxygen atoms in total. The van der Waals surface area contributed by atoms with E-state index in [1.54, 1.807) is 0 Å². The third-order valence-electron chi connectivity index (χ3n) is 3.29. The Morgan fingerprint density at radius 2 is 1.82 bits per heavy atom. The van der Waals surface area contributed by atoms with E-state index in [0.717, 1.165) is 39.5 Å². The standard InChI is InChI=1S/C11H20O5S/c1-11(2,17(13,14)15)10(12)16-8-9-6-4-3-5-7-9/h9H,3-8H2,1-2H3,(H,13,14,15)/p-1. The van der Waals surface area contributed by atoms with Gasteiger partial charge >= 0.3 is 5.97 Å². The van der Waals surface area contributed by atoms with Gasteiger partial charge < -0.3 is 9.29 Å². The largest absolute Gasteiger partial charge is 0.747 e. The second kappa shape index (κ2) is 5.35. The Bertz CT molecular complexity index is 365. The second-order valence-electron chi connectivity index (χ2n) is 5.07. The van der Waals surface area contributed by atoms with Crippen molar-refractivity contribution < 1.29 is 22.5 Å². The summed E-state index contributed by atoms with van der Waals surface area (Å²) in [6, 6.07) is 0. The van der Waals surface area contributed by atoms with Crippen LogP contribution in [-0.2, 0) is 19.6 Å². The minimum Gasteiger partial charge on any atom is -0.747 e. The lowest BCUT2D eigenvalue weighted by Gasteiger charge is -2.27. The van der Waals surface area contributed by atoms with Crippen molar-refractivity contribution in [1.82, 2.24) is 0 Å². The lowest BCUT2D eigenvalue weighted by molar-refractivity contribution is -0.147. The number of carbonyl (C=O) groups excluding carboxylic acids is 1. The third-order valence-corrected chi connectivity index (χ3v) is 4.71. The van der Waals surface area contributed by atoms with Crippen molar-refractivity contribution in [2.24, 2.45) is 5.92 Å². The van der Waals surface area contributed by atoms with E-state index < -0.39 is 20.8 Å². The Morgan fingerprint density at radius 1 is 1.29 bits per heavy atom. The molecule has 6 heteroatoms. The third kappa shape index (κ3) is 3.67. The van der Waals surface area contributed by atoms with Crippen molar-refractivity contribution in [3.05, 3.63) is 0 Å². The molecular formula is C11H19O5S-. The van der Waals surface area contributed by atoms with Crippen LogP contribution in [0.25, 0.3) is 0 Å². The first-order valence-corrected chi connectivity index (χ1v) is 7.28. The van der Waals surface area contributed by atoms with Crippen LogP contribution in [0.1, 0.15) is 46.0 Å². The van der Waals surface area contributed by atoms with Gasteiger partial charge in [0.05, 0.1) is 6.61 Å². The number of rotatable bonds is 4. The SMILES string of the molecule is CC(C)(C(=O)OCC1CCCCC1)S(=O)(=O)[O-]. The summed E-state index contributed by atoms with van der Waals surface area (Å²) in [4.78, 5) is 11.6. The summed E-state index contributed by atoms with van der Waals surface area (Å²) in [6.45, 7) is 2.38. The highest BCUT2D eigenvalue weighted by Gasteiger charge is 2.37. The summed E-state index contributed by atoms with van der Waals surface area (Å²) >= 11 is 0. The Morgan fingerprint density at radius 3 is 2.29 bits per heavy atom. The van der Waals surface area contributed by atoms with E-state index in [2.05, 4.69) is 0 Å². The molecule has 0 spiro atoms. The van der Waals surface area contributed by atoms with Gasteiger partial charge in [-0.25, -0.2) is 8.42 Å². The van der Waals surface area contributed by atoms with Gasteiger partial charge in [0.2, 0.25) is 0 Å². The monoisotopic (exact) mass is 263 g/mol. The Balaban J connectivity index is 2.49. The molecule has 1 aliphatic carbocycles. The molecule has 0 heterocycles. The summed E-state index contributed by atoms with van der Waals surface area (Å²) in [5, 5.41) is 0. The highest BCUT2D eigenvalue weighted by Crippen LogP contribution is 2.25. The summed E-state index contributed by atoms with van der Waals surface area (Å²) in [7, 11) is -4.68. The number of ether oxygens (including phenoxy) is 1. The van der Waals surface area contributed by atoms with Gasteiger partial charge in [0.15, 0.2) is 4.75 Å². The Kier molecular flexibility index (Phi) is 4.55. The smallest absolute Gasteiger partial charge is 0.325 e. The van der Waals surface area contributed by atoms with Crippen molar-refractivity contribution >= 4 is 16.1 Å². The van der Waals surface area contributed by atoms with Gasteiger partial charge in [-0.1, -0.05) is 19.3 Å². The van der Waals surface area contributed by atoms with E-state index in [9.17, 15) is 17.8 Å². The fourth-order valence-corrected chi connectivity index (χ4v) is 2.09. The van der Waals surface area contributed by atoms with Gasteiger partial charge in [0.1, 0.15) is 10.1 Å². The predicted molar refractivity (Wildman–Crippen MR) is 61.3 cm³/mol. The van der Waals surface area contributed by atoms with Gasteiger partial charge in [-0.05, 0) is 32.6 Å². The maximum absolute atomic E-state index is 11.6. The summed E-state index contributed by atoms with van der Waals surface area (Å²) < 4.78 is 35.6. The number of carbonyl (C=O) groups is 1. The van der Waals surface area contributed by atoms with E-state index in [1.165, 1.54) is 6.42 Å². The first kappa shape index (κ1) is 14.4. The normalized spacial score (nSPS) is 19.0. The van der Waals surface area contributed by atoms with Crippen molar-refractivity contribution in [3.8, 4) is 0 Å². The first-order chi connectivity index (χ1) is 7.75. The molecule has 0 radical (unpaired) electrons. The molecule has 1 rings (SSSR count). The van der Waals surface area contributed by atoms with Crippen LogP contribution in [-0.4, -0.2) is 30.3 Å². The predicted octanol–water partition coefficient (Wildman–Crippen LogP) is 1.43. The van der Waals surface area contributed by atoms with Crippen LogP contribution in [0.5, 0.6) is 0 Å². The molecule has 0 aliphatic heterocycles. The average Bonchev–Trinajstić information content (AvgIpc) is 2.25. The van der Waals surface area contributed by atoms with Gasteiger partial charge in [0.25, 0.3) is 0 Å². The van der Waals surface area contributed by atoms with Gasteiger partial charge in [-0.2, -0.15) is 0 Å². The van der Waals surface area contributed by atoms with Crippen LogP contribution in [0.4, 0.5) is 0 Å². The molecule has 17 heavy (non-hydrogen) atoms. The minimum atomic E-state index is -4.68. The lowest BCUT2D eigenvalue weighted by atomic mass is 9.90. The van der Waals surface area contributed by atoms with Gasteiger partial charge in [-0.3, -0.25) is 4.79 Å². The van der Waals surface area contributed by atoms with E-state index in [0.29, 0.717) is 5.92 Å². The van der Waals surface area contributed by atoms with Crippen LogP contribution in [0.15, 0.2) is 0 Å². The topological polar surface area (TPSA) is 83.5 Å². The van der Waals surface area contributed by atoms with Gasteiger partial charge in [0, 0.05) is 0 Å². The molecule has 1 aliphatic rings. The number of hydrogen-bond acceptors (Lipinski definition) is 5. The zero-order chi connectivity index (χ0) is 13.1.